The first kappa shape index (κ1) is 9.61. The smallest absolute Gasteiger partial charge is 0.227 e. The highest BCUT2D eigenvalue weighted by Crippen LogP contribution is 2.18. The van der Waals surface area contributed by atoms with Crippen molar-refractivity contribution < 1.29 is 14.4 Å². The van der Waals surface area contributed by atoms with Gasteiger partial charge in [-0.05, 0) is 19.3 Å². The zero-order valence-electron chi connectivity index (χ0n) is 8.14. The molecular weight excluding hydrogens is 184 g/mol. The second-order valence-electron chi connectivity index (χ2n) is 3.66. The Morgan fingerprint density at radius 3 is 3.07 bits per heavy atom. The van der Waals surface area contributed by atoms with Crippen LogP contribution in [0.5, 0.6) is 0 Å². The van der Waals surface area contributed by atoms with Crippen molar-refractivity contribution in [2.24, 2.45) is 5.92 Å². The molecule has 1 aromatic rings. The van der Waals surface area contributed by atoms with E-state index in [2.05, 4.69) is 10.1 Å². The lowest BCUT2D eigenvalue weighted by molar-refractivity contribution is 0.182. The topological polar surface area (TPSA) is 68.4 Å². The van der Waals surface area contributed by atoms with Gasteiger partial charge in [0, 0.05) is 19.6 Å². The van der Waals surface area contributed by atoms with Crippen LogP contribution in [-0.4, -0.2) is 28.5 Å². The molecule has 0 spiro atoms. The fraction of sp³-hybridized carbons (Fsp3) is 0.778. The Labute approximate surface area is 82.1 Å². The molecule has 2 atom stereocenters. The van der Waals surface area contributed by atoms with Crippen LogP contribution in [0, 0.1) is 5.92 Å². The lowest BCUT2D eigenvalue weighted by Gasteiger charge is -2.00. The molecular formula is C9H14N2O3. The molecule has 78 valence electrons. The van der Waals surface area contributed by atoms with Crippen LogP contribution in [0.2, 0.25) is 0 Å². The number of hydrogen-bond donors (Lipinski definition) is 1. The molecule has 0 saturated carbocycles. The second-order valence-corrected chi connectivity index (χ2v) is 3.66. The van der Waals surface area contributed by atoms with E-state index in [4.69, 9.17) is 9.26 Å². The van der Waals surface area contributed by atoms with Crippen molar-refractivity contribution in [1.82, 2.24) is 10.1 Å². The Bertz CT molecular complexity index is 292. The van der Waals surface area contributed by atoms with Crippen molar-refractivity contribution in [1.29, 1.82) is 0 Å². The van der Waals surface area contributed by atoms with E-state index in [1.807, 2.05) is 0 Å². The summed E-state index contributed by atoms with van der Waals surface area (Å²) in [6.07, 6.45) is 1.14. The van der Waals surface area contributed by atoms with Crippen molar-refractivity contribution in [3.63, 3.8) is 0 Å². The molecule has 5 heteroatoms. The molecule has 0 aromatic carbocycles. The van der Waals surface area contributed by atoms with Gasteiger partial charge in [0.1, 0.15) is 6.10 Å². The van der Waals surface area contributed by atoms with E-state index in [-0.39, 0.29) is 0 Å². The second kappa shape index (κ2) is 4.06. The molecule has 0 radical (unpaired) electrons. The maximum Gasteiger partial charge on any atom is 0.227 e. The van der Waals surface area contributed by atoms with Crippen LogP contribution in [0.1, 0.15) is 31.2 Å². The van der Waals surface area contributed by atoms with Gasteiger partial charge in [-0.3, -0.25) is 0 Å². The first-order valence-corrected chi connectivity index (χ1v) is 4.84. The summed E-state index contributed by atoms with van der Waals surface area (Å²) < 4.78 is 10.3. The van der Waals surface area contributed by atoms with E-state index in [1.54, 1.807) is 6.92 Å². The number of aromatic nitrogens is 2. The predicted octanol–water partition coefficient (Wildman–Crippen LogP) is 0.702. The van der Waals surface area contributed by atoms with Gasteiger partial charge in [-0.15, -0.1) is 0 Å². The summed E-state index contributed by atoms with van der Waals surface area (Å²) in [7, 11) is 0. The molecule has 2 heterocycles. The largest absolute Gasteiger partial charge is 0.385 e. The van der Waals surface area contributed by atoms with Crippen LogP contribution in [0.4, 0.5) is 0 Å². The van der Waals surface area contributed by atoms with Gasteiger partial charge in [0.2, 0.25) is 5.89 Å². The molecule has 5 nitrogen and oxygen atoms in total. The molecule has 1 saturated heterocycles. The van der Waals surface area contributed by atoms with Crippen LogP contribution in [0.25, 0.3) is 0 Å². The van der Waals surface area contributed by atoms with E-state index in [0.717, 1.165) is 26.1 Å². The Balaban J connectivity index is 1.95. The van der Waals surface area contributed by atoms with Gasteiger partial charge >= 0.3 is 0 Å². The zero-order chi connectivity index (χ0) is 9.97. The average molecular weight is 198 g/mol. The Kier molecular flexibility index (Phi) is 2.79. The maximum absolute atomic E-state index is 9.19. The van der Waals surface area contributed by atoms with E-state index in [1.165, 1.54) is 0 Å². The molecule has 0 amide bonds. The van der Waals surface area contributed by atoms with Gasteiger partial charge in [-0.1, -0.05) is 5.16 Å². The Morgan fingerprint density at radius 2 is 2.50 bits per heavy atom. The fourth-order valence-corrected chi connectivity index (χ4v) is 1.51. The van der Waals surface area contributed by atoms with Crippen LogP contribution >= 0.6 is 0 Å². The van der Waals surface area contributed by atoms with Crippen molar-refractivity contribution in [2.45, 2.75) is 25.9 Å². The molecule has 0 bridgehead atoms. The molecule has 1 aliphatic rings. The fourth-order valence-electron chi connectivity index (χ4n) is 1.51. The lowest BCUT2D eigenvalue weighted by atomic mass is 10.1. The van der Waals surface area contributed by atoms with Crippen molar-refractivity contribution in [3.8, 4) is 0 Å². The molecule has 1 N–H and O–H groups in total. The van der Waals surface area contributed by atoms with Crippen LogP contribution in [-0.2, 0) is 11.2 Å². The third-order valence-corrected chi connectivity index (χ3v) is 2.34. The summed E-state index contributed by atoms with van der Waals surface area (Å²) in [5, 5.41) is 12.9. The number of hydrogen-bond acceptors (Lipinski definition) is 5. The quantitative estimate of drug-likeness (QED) is 0.774. The monoisotopic (exact) mass is 198 g/mol. The summed E-state index contributed by atoms with van der Waals surface area (Å²) in [5.41, 5.74) is 0. The summed E-state index contributed by atoms with van der Waals surface area (Å²) in [4.78, 5) is 4.09. The SMILES string of the molecule is CC(O)c1noc(CC2CCOC2)n1. The molecule has 1 aromatic heterocycles. The van der Waals surface area contributed by atoms with Crippen molar-refractivity contribution in [3.05, 3.63) is 11.7 Å². The Hall–Kier alpha value is -0.940. The normalized spacial score (nSPS) is 24.0. The third-order valence-electron chi connectivity index (χ3n) is 2.34. The summed E-state index contributed by atoms with van der Waals surface area (Å²) in [5.74, 6) is 1.44. The van der Waals surface area contributed by atoms with Gasteiger partial charge in [-0.2, -0.15) is 4.98 Å². The van der Waals surface area contributed by atoms with Crippen LogP contribution in [0.15, 0.2) is 4.52 Å². The minimum atomic E-state index is -0.660. The third kappa shape index (κ3) is 2.10. The zero-order valence-corrected chi connectivity index (χ0v) is 8.14. The van der Waals surface area contributed by atoms with Crippen LogP contribution < -0.4 is 0 Å². The van der Waals surface area contributed by atoms with Crippen LogP contribution in [0.3, 0.4) is 0 Å². The van der Waals surface area contributed by atoms with E-state index in [0.29, 0.717) is 17.6 Å². The highest BCUT2D eigenvalue weighted by Gasteiger charge is 2.20. The molecule has 2 rings (SSSR count). The molecule has 1 aliphatic heterocycles. The van der Waals surface area contributed by atoms with Gasteiger partial charge < -0.3 is 14.4 Å². The summed E-state index contributed by atoms with van der Waals surface area (Å²) >= 11 is 0. The number of rotatable bonds is 3. The number of nitrogens with zero attached hydrogens (tertiary/aromatic N) is 2. The Morgan fingerprint density at radius 1 is 1.64 bits per heavy atom. The van der Waals surface area contributed by atoms with E-state index >= 15 is 0 Å². The minimum Gasteiger partial charge on any atom is -0.385 e. The van der Waals surface area contributed by atoms with Crippen molar-refractivity contribution >= 4 is 0 Å². The molecule has 0 aliphatic carbocycles. The minimum absolute atomic E-state index is 0.360. The van der Waals surface area contributed by atoms with Gasteiger partial charge in [-0.25, -0.2) is 0 Å². The first-order valence-electron chi connectivity index (χ1n) is 4.84. The molecule has 2 unspecified atom stereocenters. The standard InChI is InChI=1S/C9H14N2O3/c1-6(12)9-10-8(14-11-9)4-7-2-3-13-5-7/h6-7,12H,2-5H2,1H3. The first-order chi connectivity index (χ1) is 6.75. The molecule has 14 heavy (non-hydrogen) atoms. The average Bonchev–Trinajstić information content (AvgIpc) is 2.75. The highest BCUT2D eigenvalue weighted by atomic mass is 16.5. The van der Waals surface area contributed by atoms with Crippen molar-refractivity contribution in [2.75, 3.05) is 13.2 Å². The van der Waals surface area contributed by atoms with Gasteiger partial charge in [0.05, 0.1) is 0 Å². The number of aliphatic hydroxyl groups excluding tert-OH is 1. The summed E-state index contributed by atoms with van der Waals surface area (Å²) in [6.45, 7) is 3.21. The highest BCUT2D eigenvalue weighted by molar-refractivity contribution is 4.90. The van der Waals surface area contributed by atoms with E-state index in [9.17, 15) is 5.11 Å². The number of aliphatic hydroxyl groups is 1. The maximum atomic E-state index is 9.19. The van der Waals surface area contributed by atoms with Gasteiger partial charge in [0.25, 0.3) is 0 Å². The predicted molar refractivity (Wildman–Crippen MR) is 47.6 cm³/mol. The van der Waals surface area contributed by atoms with Gasteiger partial charge in [0.15, 0.2) is 5.82 Å². The number of ether oxygens (including phenoxy) is 1. The molecule has 1 fully saturated rings. The lowest BCUT2D eigenvalue weighted by Crippen LogP contribution is -2.04. The summed E-state index contributed by atoms with van der Waals surface area (Å²) in [6, 6.07) is 0. The van der Waals surface area contributed by atoms with E-state index < -0.39 is 6.10 Å².